The molecule has 0 bridgehead atoms. The normalized spacial score (nSPS) is 11.6. The van der Waals surface area contributed by atoms with Crippen LogP contribution < -0.4 is 0 Å². The lowest BCUT2D eigenvalue weighted by Gasteiger charge is -2.08. The van der Waals surface area contributed by atoms with Crippen molar-refractivity contribution in [3.8, 4) is 0 Å². The fourth-order valence-electron chi connectivity index (χ4n) is 1.86. The summed E-state index contributed by atoms with van der Waals surface area (Å²) in [4.78, 5) is 0. The van der Waals surface area contributed by atoms with Crippen molar-refractivity contribution in [3.05, 3.63) is 68.8 Å². The minimum atomic E-state index is 0.574. The molecular formula is C15H13Cl2NO. The van der Waals surface area contributed by atoms with Crippen LogP contribution >= 0.6 is 23.2 Å². The summed E-state index contributed by atoms with van der Waals surface area (Å²) in [7, 11) is 0. The van der Waals surface area contributed by atoms with Gasteiger partial charge < -0.3 is 5.21 Å². The lowest BCUT2D eigenvalue weighted by Crippen LogP contribution is -2.02. The van der Waals surface area contributed by atoms with E-state index < -0.39 is 0 Å². The van der Waals surface area contributed by atoms with Gasteiger partial charge in [-0.1, -0.05) is 36.2 Å². The van der Waals surface area contributed by atoms with Crippen LogP contribution in [0.15, 0.2) is 42.5 Å². The number of hydrogen-bond acceptors (Lipinski definition) is 1. The number of hydrogen-bond donors (Lipinski definition) is 0. The van der Waals surface area contributed by atoms with Crippen molar-refractivity contribution >= 4 is 35.1 Å². The maximum absolute atomic E-state index is 12.2. The Morgan fingerprint density at radius 1 is 1.11 bits per heavy atom. The third kappa shape index (κ3) is 3.28. The van der Waals surface area contributed by atoms with Gasteiger partial charge in [0.15, 0.2) is 6.21 Å². The van der Waals surface area contributed by atoms with Crippen LogP contribution in [0.1, 0.15) is 18.1 Å². The highest BCUT2D eigenvalue weighted by Gasteiger charge is 2.11. The van der Waals surface area contributed by atoms with Crippen molar-refractivity contribution in [2.24, 2.45) is 0 Å². The molecule has 98 valence electrons. The van der Waals surface area contributed by atoms with Gasteiger partial charge in [-0.15, -0.1) is 0 Å². The van der Waals surface area contributed by atoms with Crippen molar-refractivity contribution in [2.75, 3.05) is 0 Å². The molecular weight excluding hydrogens is 281 g/mol. The zero-order valence-corrected chi connectivity index (χ0v) is 11.9. The maximum atomic E-state index is 12.2. The monoisotopic (exact) mass is 293 g/mol. The third-order valence-corrected chi connectivity index (χ3v) is 3.43. The fourth-order valence-corrected chi connectivity index (χ4v) is 2.29. The Bertz CT molecular complexity index is 606. The van der Waals surface area contributed by atoms with E-state index in [1.54, 1.807) is 42.5 Å². The molecule has 0 unspecified atom stereocenters. The van der Waals surface area contributed by atoms with Gasteiger partial charge in [0.1, 0.15) is 0 Å². The van der Waals surface area contributed by atoms with E-state index >= 15 is 0 Å². The van der Waals surface area contributed by atoms with E-state index in [1.165, 1.54) is 6.21 Å². The Hall–Kier alpha value is -1.51. The van der Waals surface area contributed by atoms with E-state index in [0.717, 1.165) is 15.9 Å². The van der Waals surface area contributed by atoms with E-state index in [1.807, 2.05) is 6.92 Å². The smallest absolute Gasteiger partial charge is 0.221 e. The second-order valence-corrected chi connectivity index (χ2v) is 4.94. The minimum absolute atomic E-state index is 0.574. The van der Waals surface area contributed by atoms with Crippen molar-refractivity contribution in [2.45, 2.75) is 13.3 Å². The predicted octanol–water partition coefficient (Wildman–Crippen LogP) is 4.82. The Morgan fingerprint density at radius 3 is 2.42 bits per heavy atom. The molecule has 2 nitrogen and oxygen atoms in total. The van der Waals surface area contributed by atoms with Crippen molar-refractivity contribution < 1.29 is 4.74 Å². The van der Waals surface area contributed by atoms with Gasteiger partial charge in [0, 0.05) is 22.2 Å². The van der Waals surface area contributed by atoms with E-state index in [-0.39, 0.29) is 0 Å². The Labute approximate surface area is 122 Å². The van der Waals surface area contributed by atoms with E-state index in [0.29, 0.717) is 22.2 Å². The average molecular weight is 294 g/mol. The molecule has 2 aromatic rings. The van der Waals surface area contributed by atoms with Gasteiger partial charge in [-0.3, -0.25) is 0 Å². The molecule has 0 saturated heterocycles. The van der Waals surface area contributed by atoms with Crippen molar-refractivity contribution in [3.63, 3.8) is 0 Å². The molecule has 4 heteroatoms. The van der Waals surface area contributed by atoms with Crippen LogP contribution in [0.5, 0.6) is 0 Å². The first-order chi connectivity index (χ1) is 9.11. The summed E-state index contributed by atoms with van der Waals surface area (Å²) in [5, 5.41) is 13.5. The molecule has 19 heavy (non-hydrogen) atoms. The van der Waals surface area contributed by atoms with Crippen molar-refractivity contribution in [1.82, 2.24) is 0 Å². The Kier molecular flexibility index (Phi) is 4.46. The summed E-state index contributed by atoms with van der Waals surface area (Å²) in [5.74, 6) is 0. The molecule has 0 saturated carbocycles. The molecule has 0 aliphatic carbocycles. The highest BCUT2D eigenvalue weighted by atomic mass is 35.5. The predicted molar refractivity (Wildman–Crippen MR) is 80.7 cm³/mol. The number of halogens is 2. The SMILES string of the molecule is CCc1c(Cl)cccc1[N+]([O-])=Cc1ccc(Cl)cc1. The second kappa shape index (κ2) is 6.09. The summed E-state index contributed by atoms with van der Waals surface area (Å²) in [6.07, 6.45) is 2.23. The average Bonchev–Trinajstić information content (AvgIpc) is 2.41. The Balaban J connectivity index is 2.41. The van der Waals surface area contributed by atoms with E-state index in [9.17, 15) is 5.21 Å². The van der Waals surface area contributed by atoms with Crippen LogP contribution in [-0.4, -0.2) is 11.0 Å². The number of rotatable bonds is 3. The lowest BCUT2D eigenvalue weighted by molar-refractivity contribution is -0.355. The highest BCUT2D eigenvalue weighted by Crippen LogP contribution is 2.26. The molecule has 2 rings (SSSR count). The van der Waals surface area contributed by atoms with Crippen LogP contribution in [0.3, 0.4) is 0 Å². The first-order valence-electron chi connectivity index (χ1n) is 5.96. The van der Waals surface area contributed by atoms with Crippen LogP contribution in [0.2, 0.25) is 10.0 Å². The van der Waals surface area contributed by atoms with Gasteiger partial charge in [0.25, 0.3) is 0 Å². The zero-order chi connectivity index (χ0) is 13.8. The maximum Gasteiger partial charge on any atom is 0.221 e. The van der Waals surface area contributed by atoms with Gasteiger partial charge in [0.05, 0.1) is 5.02 Å². The van der Waals surface area contributed by atoms with Crippen LogP contribution in [-0.2, 0) is 6.42 Å². The fraction of sp³-hybridized carbons (Fsp3) is 0.133. The molecule has 0 N–H and O–H groups in total. The van der Waals surface area contributed by atoms with Gasteiger partial charge in [-0.05, 0) is 36.8 Å². The molecule has 0 fully saturated rings. The summed E-state index contributed by atoms with van der Waals surface area (Å²) in [5.41, 5.74) is 2.22. The summed E-state index contributed by atoms with van der Waals surface area (Å²) in [6.45, 7) is 1.97. The minimum Gasteiger partial charge on any atom is -0.618 e. The summed E-state index contributed by atoms with van der Waals surface area (Å²) < 4.78 is 0.841. The van der Waals surface area contributed by atoms with Gasteiger partial charge >= 0.3 is 0 Å². The molecule has 0 aromatic heterocycles. The van der Waals surface area contributed by atoms with Gasteiger partial charge in [-0.2, -0.15) is 4.74 Å². The molecule has 0 atom stereocenters. The lowest BCUT2D eigenvalue weighted by atomic mass is 10.1. The highest BCUT2D eigenvalue weighted by molar-refractivity contribution is 6.31. The van der Waals surface area contributed by atoms with Gasteiger partial charge in [0.2, 0.25) is 5.69 Å². The van der Waals surface area contributed by atoms with Crippen LogP contribution in [0.25, 0.3) is 0 Å². The molecule has 0 aliphatic heterocycles. The summed E-state index contributed by atoms with van der Waals surface area (Å²) in [6, 6.07) is 12.4. The Morgan fingerprint density at radius 2 is 1.79 bits per heavy atom. The third-order valence-electron chi connectivity index (χ3n) is 2.82. The van der Waals surface area contributed by atoms with Crippen LogP contribution in [0, 0.1) is 5.21 Å². The standard InChI is InChI=1S/C15H13Cl2NO/c1-2-13-14(17)4-3-5-15(13)18(19)10-11-6-8-12(16)9-7-11/h3-10H,2H2,1H3. The molecule has 0 spiro atoms. The first kappa shape index (κ1) is 13.9. The van der Waals surface area contributed by atoms with E-state index in [2.05, 4.69) is 0 Å². The first-order valence-corrected chi connectivity index (χ1v) is 6.71. The van der Waals surface area contributed by atoms with Crippen molar-refractivity contribution in [1.29, 1.82) is 0 Å². The molecule has 0 amide bonds. The number of nitrogens with zero attached hydrogens (tertiary/aromatic N) is 1. The quantitative estimate of drug-likeness (QED) is 0.345. The second-order valence-electron chi connectivity index (χ2n) is 4.10. The largest absolute Gasteiger partial charge is 0.618 e. The van der Waals surface area contributed by atoms with Gasteiger partial charge in [-0.25, -0.2) is 0 Å². The zero-order valence-electron chi connectivity index (χ0n) is 10.4. The van der Waals surface area contributed by atoms with E-state index in [4.69, 9.17) is 23.2 Å². The summed E-state index contributed by atoms with van der Waals surface area (Å²) >= 11 is 11.9. The number of benzene rings is 2. The molecule has 2 aromatic carbocycles. The topological polar surface area (TPSA) is 26.1 Å². The molecule has 0 heterocycles. The molecule has 0 radical (unpaired) electrons. The van der Waals surface area contributed by atoms with Crippen LogP contribution in [0.4, 0.5) is 5.69 Å². The molecule has 0 aliphatic rings.